The van der Waals surface area contributed by atoms with Crippen molar-refractivity contribution in [2.75, 3.05) is 7.11 Å². The van der Waals surface area contributed by atoms with Gasteiger partial charge in [-0.15, -0.1) is 0 Å². The second-order valence-electron chi connectivity index (χ2n) is 2.70. The Kier molecular flexibility index (Phi) is 3.17. The molecular weight excluding hydrogens is 229 g/mol. The maximum atomic E-state index is 13.1. The SMILES string of the molecule is COc1c(F)cc(F)c(F)c1C(=O)C(=O)O. The van der Waals surface area contributed by atoms with E-state index in [1.54, 1.807) is 0 Å². The fourth-order valence-electron chi connectivity index (χ4n) is 1.09. The third kappa shape index (κ3) is 1.83. The van der Waals surface area contributed by atoms with Crippen LogP contribution in [-0.2, 0) is 4.79 Å². The molecule has 1 aromatic rings. The predicted molar refractivity (Wildman–Crippen MR) is 44.8 cm³/mol. The van der Waals surface area contributed by atoms with Crippen molar-refractivity contribution in [3.63, 3.8) is 0 Å². The van der Waals surface area contributed by atoms with Crippen LogP contribution >= 0.6 is 0 Å². The van der Waals surface area contributed by atoms with Crippen LogP contribution in [0, 0.1) is 17.5 Å². The molecule has 0 amide bonds. The van der Waals surface area contributed by atoms with E-state index in [9.17, 15) is 22.8 Å². The monoisotopic (exact) mass is 234 g/mol. The number of carbonyl (C=O) groups excluding carboxylic acids is 1. The number of hydrogen-bond donors (Lipinski definition) is 1. The summed E-state index contributed by atoms with van der Waals surface area (Å²) in [5, 5.41) is 8.34. The van der Waals surface area contributed by atoms with Gasteiger partial charge in [-0.2, -0.15) is 0 Å². The number of aliphatic carboxylic acids is 1. The first-order chi connectivity index (χ1) is 7.40. The van der Waals surface area contributed by atoms with E-state index in [0.717, 1.165) is 7.11 Å². The van der Waals surface area contributed by atoms with Gasteiger partial charge in [-0.3, -0.25) is 4.79 Å². The third-order valence-corrected chi connectivity index (χ3v) is 1.75. The molecule has 1 aromatic carbocycles. The highest BCUT2D eigenvalue weighted by Gasteiger charge is 2.29. The van der Waals surface area contributed by atoms with Crippen molar-refractivity contribution in [2.45, 2.75) is 0 Å². The molecule has 0 spiro atoms. The number of Topliss-reactive ketones (excluding diaryl/α,β-unsaturated/α-hetero) is 1. The first-order valence-corrected chi connectivity index (χ1v) is 3.89. The van der Waals surface area contributed by atoms with Crippen molar-refractivity contribution in [3.8, 4) is 5.75 Å². The molecule has 0 bridgehead atoms. The van der Waals surface area contributed by atoms with E-state index >= 15 is 0 Å². The van der Waals surface area contributed by atoms with E-state index in [0.29, 0.717) is 0 Å². The summed E-state index contributed by atoms with van der Waals surface area (Å²) in [6.07, 6.45) is 0. The fourth-order valence-corrected chi connectivity index (χ4v) is 1.09. The Hall–Kier alpha value is -2.05. The Morgan fingerprint density at radius 2 is 1.81 bits per heavy atom. The zero-order valence-electron chi connectivity index (χ0n) is 7.88. The molecular formula is C9H5F3O4. The fraction of sp³-hybridized carbons (Fsp3) is 0.111. The molecule has 86 valence electrons. The van der Waals surface area contributed by atoms with Gasteiger partial charge in [0.1, 0.15) is 5.56 Å². The number of rotatable bonds is 3. The number of carboxylic acids is 1. The number of hydrogen-bond acceptors (Lipinski definition) is 3. The van der Waals surface area contributed by atoms with Gasteiger partial charge in [-0.1, -0.05) is 0 Å². The van der Waals surface area contributed by atoms with Crippen LogP contribution in [0.25, 0.3) is 0 Å². The van der Waals surface area contributed by atoms with Gasteiger partial charge in [0.05, 0.1) is 7.11 Å². The summed E-state index contributed by atoms with van der Waals surface area (Å²) >= 11 is 0. The molecule has 0 atom stereocenters. The number of ketones is 1. The van der Waals surface area contributed by atoms with Crippen molar-refractivity contribution in [1.82, 2.24) is 0 Å². The van der Waals surface area contributed by atoms with E-state index < -0.39 is 40.5 Å². The standard InChI is InChI=1S/C9H5F3O4/c1-16-8-4(11)2-3(10)6(12)5(8)7(13)9(14)15/h2H,1H3,(H,14,15). The van der Waals surface area contributed by atoms with Gasteiger partial charge in [0.15, 0.2) is 23.2 Å². The van der Waals surface area contributed by atoms with E-state index in [2.05, 4.69) is 4.74 Å². The number of benzene rings is 1. The Morgan fingerprint density at radius 1 is 1.25 bits per heavy atom. The highest BCUT2D eigenvalue weighted by molar-refractivity contribution is 6.40. The molecule has 0 aromatic heterocycles. The molecule has 0 saturated carbocycles. The van der Waals surface area contributed by atoms with Crippen molar-refractivity contribution in [3.05, 3.63) is 29.1 Å². The Labute approximate surface area is 87.3 Å². The smallest absolute Gasteiger partial charge is 0.377 e. The van der Waals surface area contributed by atoms with Gasteiger partial charge in [0.25, 0.3) is 5.78 Å². The number of ether oxygens (including phenoxy) is 1. The average molecular weight is 234 g/mol. The van der Waals surface area contributed by atoms with Crippen LogP contribution in [0.4, 0.5) is 13.2 Å². The molecule has 0 heterocycles. The van der Waals surface area contributed by atoms with Gasteiger partial charge >= 0.3 is 5.97 Å². The van der Waals surface area contributed by atoms with E-state index in [1.165, 1.54) is 0 Å². The second-order valence-corrected chi connectivity index (χ2v) is 2.70. The predicted octanol–water partition coefficient (Wildman–Crippen LogP) is 1.38. The van der Waals surface area contributed by atoms with E-state index in [1.807, 2.05) is 0 Å². The molecule has 1 rings (SSSR count). The first kappa shape index (κ1) is 12.0. The van der Waals surface area contributed by atoms with Crippen LogP contribution in [0.3, 0.4) is 0 Å². The molecule has 0 radical (unpaired) electrons. The van der Waals surface area contributed by atoms with Crippen LogP contribution in [-0.4, -0.2) is 24.0 Å². The third-order valence-electron chi connectivity index (χ3n) is 1.75. The zero-order chi connectivity index (χ0) is 12.5. The molecule has 1 N–H and O–H groups in total. The number of carbonyl (C=O) groups is 2. The van der Waals surface area contributed by atoms with Crippen LogP contribution < -0.4 is 4.74 Å². The Bertz CT molecular complexity index is 470. The summed E-state index contributed by atoms with van der Waals surface area (Å²) in [5.41, 5.74) is -1.27. The summed E-state index contributed by atoms with van der Waals surface area (Å²) in [6.45, 7) is 0. The van der Waals surface area contributed by atoms with E-state index in [4.69, 9.17) is 5.11 Å². The minimum atomic E-state index is -2.04. The molecule has 0 aliphatic heterocycles. The lowest BCUT2D eigenvalue weighted by molar-refractivity contribution is -0.131. The van der Waals surface area contributed by atoms with Crippen molar-refractivity contribution in [2.24, 2.45) is 0 Å². The summed E-state index contributed by atoms with van der Waals surface area (Å²) in [6, 6.07) is 0.160. The van der Waals surface area contributed by atoms with Crippen molar-refractivity contribution < 1.29 is 32.6 Å². The minimum Gasteiger partial charge on any atom is -0.493 e. The van der Waals surface area contributed by atoms with Gasteiger partial charge in [-0.05, 0) is 0 Å². The summed E-state index contributed by atoms with van der Waals surface area (Å²) in [7, 11) is 0.897. The minimum absolute atomic E-state index is 0.160. The lowest BCUT2D eigenvalue weighted by Gasteiger charge is -2.08. The van der Waals surface area contributed by atoms with Gasteiger partial charge in [0, 0.05) is 6.07 Å². The lowest BCUT2D eigenvalue weighted by Crippen LogP contribution is -2.17. The Balaban J connectivity index is 3.57. The van der Waals surface area contributed by atoms with Crippen molar-refractivity contribution >= 4 is 11.8 Å². The molecule has 0 aliphatic rings. The maximum Gasteiger partial charge on any atom is 0.377 e. The molecule has 16 heavy (non-hydrogen) atoms. The lowest BCUT2D eigenvalue weighted by atomic mass is 10.1. The highest BCUT2D eigenvalue weighted by atomic mass is 19.2. The topological polar surface area (TPSA) is 63.6 Å². The number of halogens is 3. The summed E-state index contributed by atoms with van der Waals surface area (Å²) < 4.78 is 43.3. The van der Waals surface area contributed by atoms with Gasteiger partial charge in [-0.25, -0.2) is 18.0 Å². The van der Waals surface area contributed by atoms with Gasteiger partial charge < -0.3 is 9.84 Å². The summed E-state index contributed by atoms with van der Waals surface area (Å²) in [4.78, 5) is 21.3. The second kappa shape index (κ2) is 4.21. The molecule has 0 unspecified atom stereocenters. The molecule has 0 aliphatic carbocycles. The Morgan fingerprint density at radius 3 is 2.25 bits per heavy atom. The quantitative estimate of drug-likeness (QED) is 0.487. The zero-order valence-corrected chi connectivity index (χ0v) is 7.88. The highest BCUT2D eigenvalue weighted by Crippen LogP contribution is 2.27. The molecule has 0 fully saturated rings. The average Bonchev–Trinajstić information content (AvgIpc) is 2.21. The van der Waals surface area contributed by atoms with E-state index in [-0.39, 0.29) is 6.07 Å². The normalized spacial score (nSPS) is 10.0. The van der Waals surface area contributed by atoms with Crippen molar-refractivity contribution in [1.29, 1.82) is 0 Å². The maximum absolute atomic E-state index is 13.1. The van der Waals surface area contributed by atoms with Crippen LogP contribution in [0.15, 0.2) is 6.07 Å². The number of methoxy groups -OCH3 is 1. The van der Waals surface area contributed by atoms with Crippen LogP contribution in [0.5, 0.6) is 5.75 Å². The molecule has 0 saturated heterocycles. The molecule has 7 heteroatoms. The van der Waals surface area contributed by atoms with Crippen LogP contribution in [0.1, 0.15) is 10.4 Å². The van der Waals surface area contributed by atoms with Crippen LogP contribution in [0.2, 0.25) is 0 Å². The van der Waals surface area contributed by atoms with Gasteiger partial charge in [0.2, 0.25) is 0 Å². The summed E-state index contributed by atoms with van der Waals surface area (Å²) in [5.74, 6) is -9.54. The largest absolute Gasteiger partial charge is 0.493 e. The first-order valence-electron chi connectivity index (χ1n) is 3.89. The molecule has 4 nitrogen and oxygen atoms in total. The number of carboxylic acid groups (broad SMARTS) is 1.